The maximum atomic E-state index is 10.4. The van der Waals surface area contributed by atoms with Crippen molar-refractivity contribution in [2.45, 2.75) is 0 Å². The number of carbonyl (C=O) groups is 1. The Hall–Kier alpha value is -0.920. The first-order chi connectivity index (χ1) is 5.95. The topological polar surface area (TPSA) is 89.9 Å². The summed E-state index contributed by atoms with van der Waals surface area (Å²) in [5, 5.41) is 0. The van der Waals surface area contributed by atoms with Gasteiger partial charge in [0, 0.05) is 6.08 Å². The quantitative estimate of drug-likeness (QED) is 0.277. The van der Waals surface area contributed by atoms with E-state index in [9.17, 15) is 13.2 Å². The molecule has 0 aromatic rings. The fraction of sp³-hybridized carbons (Fsp3) is 0.500. The summed E-state index contributed by atoms with van der Waals surface area (Å²) >= 11 is 0. The summed E-state index contributed by atoms with van der Waals surface area (Å²) in [5.41, 5.74) is 0. The fourth-order valence-electron chi connectivity index (χ4n) is 0.424. The second-order valence-corrected chi connectivity index (χ2v) is 3.38. The van der Waals surface area contributed by atoms with E-state index < -0.39 is 22.0 Å². The molecule has 0 aliphatic rings. The molecule has 0 bridgehead atoms. The maximum absolute atomic E-state index is 10.4. The van der Waals surface area contributed by atoms with Gasteiger partial charge in [-0.2, -0.15) is 8.42 Å². The van der Waals surface area contributed by atoms with Gasteiger partial charge in [-0.25, -0.2) is 4.79 Å². The number of carbonyl (C=O) groups excluding carboxylic acids is 1. The van der Waals surface area contributed by atoms with E-state index in [0.717, 1.165) is 6.08 Å². The maximum Gasteiger partial charge on any atom is 0.330 e. The molecule has 0 spiro atoms. The summed E-state index contributed by atoms with van der Waals surface area (Å²) in [6.45, 7) is 2.97. The van der Waals surface area contributed by atoms with Gasteiger partial charge in [0.1, 0.15) is 6.61 Å². The lowest BCUT2D eigenvalue weighted by Gasteiger charge is -2.01. The Morgan fingerprint density at radius 1 is 1.46 bits per heavy atom. The summed E-state index contributed by atoms with van der Waals surface area (Å²) in [7, 11) is -4.11. The first-order valence-electron chi connectivity index (χ1n) is 3.28. The summed E-state index contributed by atoms with van der Waals surface area (Å²) in [5.74, 6) is -1.42. The van der Waals surface area contributed by atoms with Gasteiger partial charge >= 0.3 is 5.97 Å². The molecular weight excluding hydrogens is 200 g/mol. The minimum Gasteiger partial charge on any atom is -0.460 e. The van der Waals surface area contributed by atoms with E-state index in [0.29, 0.717) is 0 Å². The van der Waals surface area contributed by atoms with Crippen LogP contribution in [-0.2, 0) is 24.4 Å². The summed E-state index contributed by atoms with van der Waals surface area (Å²) < 4.78 is 37.3. The number of hydrogen-bond acceptors (Lipinski definition) is 5. The molecule has 0 saturated heterocycles. The molecule has 76 valence electrons. The van der Waals surface area contributed by atoms with Crippen LogP contribution in [0.25, 0.3) is 0 Å². The highest BCUT2D eigenvalue weighted by molar-refractivity contribution is 7.85. The lowest BCUT2D eigenvalue weighted by molar-refractivity contribution is -0.139. The van der Waals surface area contributed by atoms with Crippen molar-refractivity contribution in [3.8, 4) is 0 Å². The van der Waals surface area contributed by atoms with Crippen LogP contribution in [0.15, 0.2) is 12.7 Å². The van der Waals surface area contributed by atoms with Gasteiger partial charge in [-0.3, -0.25) is 4.55 Å². The molecule has 0 heterocycles. The predicted octanol–water partition coefficient (Wildman–Crippen LogP) is -0.422. The average Bonchev–Trinajstić information content (AvgIpc) is 2.01. The highest BCUT2D eigenvalue weighted by atomic mass is 32.2. The van der Waals surface area contributed by atoms with E-state index in [4.69, 9.17) is 4.55 Å². The molecule has 0 aliphatic heterocycles. The summed E-state index contributed by atoms with van der Waals surface area (Å²) in [6, 6.07) is 0. The molecule has 0 aromatic carbocycles. The van der Waals surface area contributed by atoms with Crippen LogP contribution in [0.5, 0.6) is 0 Å². The highest BCUT2D eigenvalue weighted by Crippen LogP contribution is 1.85. The molecule has 0 amide bonds. The Labute approximate surface area is 75.9 Å². The lowest BCUT2D eigenvalue weighted by atomic mass is 10.6. The predicted molar refractivity (Wildman–Crippen MR) is 43.5 cm³/mol. The monoisotopic (exact) mass is 210 g/mol. The second-order valence-electron chi connectivity index (χ2n) is 1.98. The van der Waals surface area contributed by atoms with E-state index >= 15 is 0 Å². The number of hydrogen-bond donors (Lipinski definition) is 1. The van der Waals surface area contributed by atoms with Gasteiger partial charge in [0.15, 0.2) is 5.94 Å². The number of rotatable bonds is 6. The Morgan fingerprint density at radius 3 is 2.54 bits per heavy atom. The Morgan fingerprint density at radius 2 is 2.08 bits per heavy atom. The highest BCUT2D eigenvalue weighted by Gasteiger charge is 2.03. The SMILES string of the molecule is C=CC(=O)OCCOCS(=O)(=O)O. The molecule has 0 radical (unpaired) electrons. The van der Waals surface area contributed by atoms with Crippen LogP contribution in [0.2, 0.25) is 0 Å². The first-order valence-corrected chi connectivity index (χ1v) is 4.88. The van der Waals surface area contributed by atoms with Gasteiger partial charge in [-0.15, -0.1) is 0 Å². The standard InChI is InChI=1S/C6H10O6S/c1-2-6(7)12-4-3-11-5-13(8,9)10/h2H,1,3-5H2,(H,8,9,10). The van der Waals surface area contributed by atoms with Crippen LogP contribution in [-0.4, -0.2) is 38.1 Å². The Balaban J connectivity index is 3.38. The Bertz CT molecular complexity index is 267. The van der Waals surface area contributed by atoms with Crippen molar-refractivity contribution in [3.05, 3.63) is 12.7 Å². The van der Waals surface area contributed by atoms with E-state index in [-0.39, 0.29) is 13.2 Å². The molecule has 0 unspecified atom stereocenters. The molecule has 1 N–H and O–H groups in total. The molecule has 0 atom stereocenters. The second kappa shape index (κ2) is 5.68. The van der Waals surface area contributed by atoms with E-state index in [1.165, 1.54) is 0 Å². The molecule has 0 saturated carbocycles. The van der Waals surface area contributed by atoms with Crippen LogP contribution in [0.1, 0.15) is 0 Å². The third-order valence-corrected chi connectivity index (χ3v) is 1.34. The van der Waals surface area contributed by atoms with Crippen molar-refractivity contribution >= 4 is 16.1 Å². The molecule has 7 heteroatoms. The van der Waals surface area contributed by atoms with Crippen LogP contribution in [0.4, 0.5) is 0 Å². The zero-order valence-corrected chi connectivity index (χ0v) is 7.62. The molecule has 13 heavy (non-hydrogen) atoms. The van der Waals surface area contributed by atoms with Gasteiger partial charge in [-0.1, -0.05) is 6.58 Å². The van der Waals surface area contributed by atoms with Gasteiger partial charge in [-0.05, 0) is 0 Å². The average molecular weight is 210 g/mol. The molecular formula is C6H10O6S. The largest absolute Gasteiger partial charge is 0.460 e. The van der Waals surface area contributed by atoms with Crippen LogP contribution in [0.3, 0.4) is 0 Å². The minimum absolute atomic E-state index is 0.0830. The third kappa shape index (κ3) is 8.99. The van der Waals surface area contributed by atoms with Crippen molar-refractivity contribution in [3.63, 3.8) is 0 Å². The third-order valence-electron chi connectivity index (χ3n) is 0.871. The molecule has 6 nitrogen and oxygen atoms in total. The summed E-state index contributed by atoms with van der Waals surface area (Å²) in [6.07, 6.45) is 0.975. The van der Waals surface area contributed by atoms with Gasteiger partial charge in [0.25, 0.3) is 10.1 Å². The van der Waals surface area contributed by atoms with E-state index in [1.54, 1.807) is 0 Å². The number of esters is 1. The van der Waals surface area contributed by atoms with Crippen LogP contribution >= 0.6 is 0 Å². The van der Waals surface area contributed by atoms with Crippen molar-refractivity contribution in [2.24, 2.45) is 0 Å². The van der Waals surface area contributed by atoms with Gasteiger partial charge < -0.3 is 9.47 Å². The zero-order valence-electron chi connectivity index (χ0n) is 6.80. The number of ether oxygens (including phenoxy) is 2. The zero-order chi connectivity index (χ0) is 10.3. The lowest BCUT2D eigenvalue weighted by Crippen LogP contribution is -2.13. The van der Waals surface area contributed by atoms with Gasteiger partial charge in [0.05, 0.1) is 6.61 Å². The normalized spacial score (nSPS) is 10.8. The Kier molecular flexibility index (Phi) is 5.28. The van der Waals surface area contributed by atoms with Crippen LogP contribution < -0.4 is 0 Å². The fourth-order valence-corrected chi connectivity index (χ4v) is 0.753. The molecule has 0 aliphatic carbocycles. The van der Waals surface area contributed by atoms with Crippen molar-refractivity contribution in [1.29, 1.82) is 0 Å². The van der Waals surface area contributed by atoms with Crippen molar-refractivity contribution < 1.29 is 27.2 Å². The van der Waals surface area contributed by atoms with Crippen molar-refractivity contribution in [1.82, 2.24) is 0 Å². The first kappa shape index (κ1) is 12.1. The molecule has 0 rings (SSSR count). The minimum atomic E-state index is -4.11. The molecule has 0 aromatic heterocycles. The van der Waals surface area contributed by atoms with Gasteiger partial charge in [0.2, 0.25) is 0 Å². The smallest absolute Gasteiger partial charge is 0.330 e. The van der Waals surface area contributed by atoms with Crippen LogP contribution in [0, 0.1) is 0 Å². The van der Waals surface area contributed by atoms with E-state index in [2.05, 4.69) is 16.1 Å². The molecule has 0 fully saturated rings. The van der Waals surface area contributed by atoms with Crippen molar-refractivity contribution in [2.75, 3.05) is 19.2 Å². The summed E-state index contributed by atoms with van der Waals surface area (Å²) in [4.78, 5) is 10.4. The van der Waals surface area contributed by atoms with E-state index in [1.807, 2.05) is 0 Å².